The van der Waals surface area contributed by atoms with Crippen molar-refractivity contribution in [2.75, 3.05) is 19.5 Å². The van der Waals surface area contributed by atoms with Gasteiger partial charge in [-0.15, -0.1) is 0 Å². The molecule has 1 aromatic heterocycles. The molecule has 2 rings (SSSR count). The maximum Gasteiger partial charge on any atom is 0.352 e. The maximum absolute atomic E-state index is 12.0. The van der Waals surface area contributed by atoms with Gasteiger partial charge in [-0.05, 0) is 6.07 Å². The van der Waals surface area contributed by atoms with Gasteiger partial charge >= 0.3 is 5.69 Å². The lowest BCUT2D eigenvalue weighted by Crippen LogP contribution is -2.49. The van der Waals surface area contributed by atoms with Gasteiger partial charge in [0.15, 0.2) is 0 Å². The van der Waals surface area contributed by atoms with Gasteiger partial charge in [0.25, 0.3) is 5.72 Å². The summed E-state index contributed by atoms with van der Waals surface area (Å²) < 4.78 is 12.0. The minimum absolute atomic E-state index is 0.0538. The number of rotatable bonds is 3. The number of nitrogens with zero attached hydrogens (tertiary/aromatic N) is 3. The molecule has 0 aliphatic carbocycles. The molecule has 1 aliphatic rings. The smallest absolute Gasteiger partial charge is 0.352 e. The second-order valence-electron chi connectivity index (χ2n) is 4.67. The van der Waals surface area contributed by atoms with Crippen molar-refractivity contribution >= 4 is 5.82 Å². The molecule has 0 radical (unpaired) electrons. The monoisotopic (exact) mass is 280 g/mol. The Morgan fingerprint density at radius 3 is 2.95 bits per heavy atom. The molecular weight excluding hydrogens is 264 g/mol. The average molecular weight is 280 g/mol. The molecule has 0 spiro atoms. The highest BCUT2D eigenvalue weighted by molar-refractivity contribution is 5.25. The fourth-order valence-electron chi connectivity index (χ4n) is 2.54. The Kier molecular flexibility index (Phi) is 3.76. The van der Waals surface area contributed by atoms with E-state index in [-0.39, 0.29) is 18.3 Å². The fourth-order valence-corrected chi connectivity index (χ4v) is 2.54. The van der Waals surface area contributed by atoms with Crippen molar-refractivity contribution in [1.82, 2.24) is 9.55 Å². The van der Waals surface area contributed by atoms with Gasteiger partial charge in [-0.2, -0.15) is 10.2 Å². The summed E-state index contributed by atoms with van der Waals surface area (Å²) in [4.78, 5) is 15.6. The van der Waals surface area contributed by atoms with Gasteiger partial charge < -0.3 is 20.3 Å². The van der Waals surface area contributed by atoms with E-state index in [0.717, 1.165) is 4.57 Å². The molecule has 1 aromatic rings. The predicted molar refractivity (Wildman–Crippen MR) is 68.4 cm³/mol. The molecule has 0 unspecified atom stereocenters. The molecule has 0 aromatic carbocycles. The van der Waals surface area contributed by atoms with Gasteiger partial charge in [-0.25, -0.2) is 4.79 Å². The van der Waals surface area contributed by atoms with Gasteiger partial charge in [-0.3, -0.25) is 4.57 Å². The number of aliphatic hydroxyl groups excluding tert-OH is 1. The zero-order valence-corrected chi connectivity index (χ0v) is 11.2. The summed E-state index contributed by atoms with van der Waals surface area (Å²) >= 11 is 0. The second-order valence-corrected chi connectivity index (χ2v) is 4.67. The Labute approximate surface area is 115 Å². The summed E-state index contributed by atoms with van der Waals surface area (Å²) in [6.45, 7) is 1.51. The molecule has 0 amide bonds. The third-order valence-electron chi connectivity index (χ3n) is 3.56. The van der Waals surface area contributed by atoms with Crippen molar-refractivity contribution in [3.05, 3.63) is 22.7 Å². The SMILES string of the molecule is CO[C@@H]1[C@H](C)[C@@H](CO)O[C@@]1(C#N)n1ccc(N)nc1=O. The molecule has 0 bridgehead atoms. The number of hydrogen-bond acceptors (Lipinski definition) is 7. The standard InChI is InChI=1S/C12H16N4O4/c1-7-8(5-17)20-12(6-13,10(7)19-2)16-4-3-9(14)15-11(16)18/h3-4,7-8,10,17H,5H2,1-2H3,(H2,14,15,18)/t7-,8-,10-,12-/m1/s1. The Morgan fingerprint density at radius 2 is 2.45 bits per heavy atom. The number of nitriles is 1. The first-order chi connectivity index (χ1) is 9.50. The number of nitrogen functional groups attached to an aromatic ring is 1. The largest absolute Gasteiger partial charge is 0.394 e. The molecule has 20 heavy (non-hydrogen) atoms. The van der Waals surface area contributed by atoms with Crippen LogP contribution in [0.2, 0.25) is 0 Å². The van der Waals surface area contributed by atoms with Gasteiger partial charge in [0.2, 0.25) is 0 Å². The summed E-state index contributed by atoms with van der Waals surface area (Å²) in [5, 5.41) is 18.9. The normalized spacial score (nSPS) is 33.0. The molecule has 0 saturated carbocycles. The maximum atomic E-state index is 12.0. The van der Waals surface area contributed by atoms with Gasteiger partial charge in [0, 0.05) is 19.2 Å². The average Bonchev–Trinajstić information content (AvgIpc) is 2.71. The van der Waals surface area contributed by atoms with Crippen molar-refractivity contribution in [3.63, 3.8) is 0 Å². The third kappa shape index (κ3) is 1.96. The van der Waals surface area contributed by atoms with Crippen molar-refractivity contribution in [2.45, 2.75) is 24.9 Å². The van der Waals surface area contributed by atoms with E-state index in [2.05, 4.69) is 4.98 Å². The number of ether oxygens (including phenoxy) is 2. The Balaban J connectivity index is 2.59. The first-order valence-electron chi connectivity index (χ1n) is 6.08. The lowest BCUT2D eigenvalue weighted by atomic mass is 9.95. The van der Waals surface area contributed by atoms with Gasteiger partial charge in [0.1, 0.15) is 18.0 Å². The Bertz CT molecular complexity index is 596. The van der Waals surface area contributed by atoms with Crippen molar-refractivity contribution < 1.29 is 14.6 Å². The van der Waals surface area contributed by atoms with Gasteiger partial charge in [0.05, 0.1) is 12.7 Å². The van der Waals surface area contributed by atoms with Crippen LogP contribution in [-0.4, -0.2) is 40.6 Å². The summed E-state index contributed by atoms with van der Waals surface area (Å²) in [7, 11) is 1.42. The third-order valence-corrected chi connectivity index (χ3v) is 3.56. The number of methoxy groups -OCH3 is 1. The zero-order valence-electron chi connectivity index (χ0n) is 11.2. The molecule has 108 valence electrons. The highest BCUT2D eigenvalue weighted by Crippen LogP contribution is 2.39. The molecule has 8 heteroatoms. The minimum Gasteiger partial charge on any atom is -0.394 e. The van der Waals surface area contributed by atoms with E-state index in [1.165, 1.54) is 19.4 Å². The minimum atomic E-state index is -1.67. The highest BCUT2D eigenvalue weighted by Gasteiger charge is 2.56. The Morgan fingerprint density at radius 1 is 1.75 bits per heavy atom. The first kappa shape index (κ1) is 14.5. The van der Waals surface area contributed by atoms with Crippen molar-refractivity contribution in [2.24, 2.45) is 5.92 Å². The van der Waals surface area contributed by atoms with E-state index in [0.29, 0.717) is 0 Å². The first-order valence-corrected chi connectivity index (χ1v) is 6.08. The van der Waals surface area contributed by atoms with E-state index < -0.39 is 23.6 Å². The number of aliphatic hydroxyl groups is 1. The molecular formula is C12H16N4O4. The van der Waals surface area contributed by atoms with E-state index in [1.54, 1.807) is 6.92 Å². The van der Waals surface area contributed by atoms with Crippen LogP contribution in [0.1, 0.15) is 6.92 Å². The summed E-state index contributed by atoms with van der Waals surface area (Å²) in [5.74, 6) is -0.216. The second kappa shape index (κ2) is 5.20. The number of aromatic nitrogens is 2. The number of hydrogen-bond donors (Lipinski definition) is 2. The van der Waals surface area contributed by atoms with Crippen LogP contribution >= 0.6 is 0 Å². The molecule has 1 saturated heterocycles. The zero-order chi connectivity index (χ0) is 14.9. The summed E-state index contributed by atoms with van der Waals surface area (Å²) in [5.41, 5.74) is 3.06. The predicted octanol–water partition coefficient (Wildman–Crippen LogP) is -0.956. The van der Waals surface area contributed by atoms with Crippen LogP contribution in [0.5, 0.6) is 0 Å². The number of nitrogens with two attached hydrogens (primary N) is 1. The van der Waals surface area contributed by atoms with E-state index in [9.17, 15) is 15.2 Å². The Hall–Kier alpha value is -1.95. The molecule has 3 N–H and O–H groups in total. The highest BCUT2D eigenvalue weighted by atomic mass is 16.6. The van der Waals surface area contributed by atoms with Crippen molar-refractivity contribution in [1.29, 1.82) is 5.26 Å². The van der Waals surface area contributed by atoms with Crippen LogP contribution in [-0.2, 0) is 15.2 Å². The summed E-state index contributed by atoms with van der Waals surface area (Å²) in [6.07, 6.45) is 0.0173. The molecule has 4 atom stereocenters. The van der Waals surface area contributed by atoms with Crippen molar-refractivity contribution in [3.8, 4) is 6.07 Å². The number of anilines is 1. The van der Waals surface area contributed by atoms with E-state index in [1.807, 2.05) is 6.07 Å². The molecule has 8 nitrogen and oxygen atoms in total. The lowest BCUT2D eigenvalue weighted by Gasteiger charge is -2.28. The topological polar surface area (TPSA) is 123 Å². The summed E-state index contributed by atoms with van der Waals surface area (Å²) in [6, 6.07) is 3.37. The van der Waals surface area contributed by atoms with Crippen LogP contribution in [0.3, 0.4) is 0 Å². The van der Waals surface area contributed by atoms with Crippen LogP contribution in [0, 0.1) is 17.2 Å². The molecule has 2 heterocycles. The molecule has 1 fully saturated rings. The van der Waals surface area contributed by atoms with Gasteiger partial charge in [-0.1, -0.05) is 6.92 Å². The lowest BCUT2D eigenvalue weighted by molar-refractivity contribution is -0.117. The van der Waals surface area contributed by atoms with E-state index >= 15 is 0 Å². The fraction of sp³-hybridized carbons (Fsp3) is 0.583. The molecule has 1 aliphatic heterocycles. The van der Waals surface area contributed by atoms with Crippen LogP contribution in [0.15, 0.2) is 17.1 Å². The van der Waals surface area contributed by atoms with E-state index in [4.69, 9.17) is 15.2 Å². The van der Waals surface area contributed by atoms with Crippen LogP contribution in [0.4, 0.5) is 5.82 Å². The van der Waals surface area contributed by atoms with Crippen LogP contribution < -0.4 is 11.4 Å². The quantitative estimate of drug-likeness (QED) is 0.731. The van der Waals surface area contributed by atoms with Crippen LogP contribution in [0.25, 0.3) is 0 Å².